The highest BCUT2D eigenvalue weighted by Crippen LogP contribution is 2.54. The molecule has 4 aromatic carbocycles. The number of para-hydroxylation sites is 1. The molecule has 2 aliphatic rings. The molecule has 0 unspecified atom stereocenters. The van der Waals surface area contributed by atoms with Crippen LogP contribution in [0.15, 0.2) is 123 Å². The highest BCUT2D eigenvalue weighted by Gasteiger charge is 2.37. The minimum absolute atomic E-state index is 0.862. The van der Waals surface area contributed by atoms with Gasteiger partial charge in [0.25, 0.3) is 0 Å². The number of aromatic nitrogens is 2. The molecule has 0 saturated carbocycles. The summed E-state index contributed by atoms with van der Waals surface area (Å²) in [6, 6.07) is 30.1. The lowest BCUT2D eigenvalue weighted by molar-refractivity contribution is 0.455. The molecule has 2 aliphatic heterocycles. The molecule has 5 aromatic rings. The summed E-state index contributed by atoms with van der Waals surface area (Å²) in [4.78, 5) is 15.9. The number of benzene rings is 4. The second-order valence-corrected chi connectivity index (χ2v) is 16.0. The normalized spacial score (nSPS) is 14.4. The maximum atomic E-state index is 6.36. The van der Waals surface area contributed by atoms with Crippen molar-refractivity contribution in [1.82, 2.24) is 9.97 Å². The van der Waals surface area contributed by atoms with Crippen LogP contribution in [0, 0.1) is 0 Å². The lowest BCUT2D eigenvalue weighted by Gasteiger charge is -2.37. The van der Waals surface area contributed by atoms with Gasteiger partial charge in [-0.3, -0.25) is 0 Å². The van der Waals surface area contributed by atoms with Crippen LogP contribution in [-0.4, -0.2) is 18.0 Å². The van der Waals surface area contributed by atoms with Crippen molar-refractivity contribution in [2.75, 3.05) is 4.90 Å². The van der Waals surface area contributed by atoms with Gasteiger partial charge in [0.15, 0.2) is 0 Å². The first-order valence-electron chi connectivity index (χ1n) is 12.1. The molecule has 3 heterocycles. The fourth-order valence-corrected chi connectivity index (χ4v) is 11.7. The molecule has 1 aromatic heterocycles. The van der Waals surface area contributed by atoms with E-state index in [2.05, 4.69) is 94.7 Å². The first kappa shape index (κ1) is 22.7. The Morgan fingerprint density at radius 1 is 0.649 bits per heavy atom. The third-order valence-electron chi connectivity index (χ3n) is 6.97. The van der Waals surface area contributed by atoms with Crippen molar-refractivity contribution in [3.05, 3.63) is 104 Å². The van der Waals surface area contributed by atoms with Gasteiger partial charge in [0, 0.05) is 9.79 Å². The molecule has 0 aliphatic carbocycles. The molecular formula is C30H23N3OS2Si. The molecule has 0 radical (unpaired) electrons. The molecule has 0 atom stereocenters. The Labute approximate surface area is 225 Å². The number of hydrogen-bond acceptors (Lipinski definition) is 6. The SMILES string of the molecule is C[Si]1(C)c2ccccc2Sc2c(N(c3cncnc3)c3cccc4c3Sc3ccccc3O4)cccc21. The van der Waals surface area contributed by atoms with E-state index in [1.54, 1.807) is 18.1 Å². The monoisotopic (exact) mass is 533 g/mol. The van der Waals surface area contributed by atoms with Crippen molar-refractivity contribution in [3.63, 3.8) is 0 Å². The molecule has 37 heavy (non-hydrogen) atoms. The quantitative estimate of drug-likeness (QED) is 0.219. The minimum atomic E-state index is -1.90. The van der Waals surface area contributed by atoms with Crippen LogP contribution in [0.1, 0.15) is 0 Å². The number of anilines is 3. The van der Waals surface area contributed by atoms with Crippen LogP contribution in [0.5, 0.6) is 11.5 Å². The van der Waals surface area contributed by atoms with Gasteiger partial charge in [-0.25, -0.2) is 9.97 Å². The number of ether oxygens (including phenoxy) is 1. The van der Waals surface area contributed by atoms with E-state index in [-0.39, 0.29) is 0 Å². The molecule has 180 valence electrons. The zero-order chi connectivity index (χ0) is 25.0. The lowest BCUT2D eigenvalue weighted by atomic mass is 10.2. The van der Waals surface area contributed by atoms with Gasteiger partial charge in [0.05, 0.1) is 39.2 Å². The average Bonchev–Trinajstić information content (AvgIpc) is 2.93. The molecular weight excluding hydrogens is 511 g/mol. The van der Waals surface area contributed by atoms with Crippen LogP contribution < -0.4 is 20.0 Å². The summed E-state index contributed by atoms with van der Waals surface area (Å²) < 4.78 is 6.36. The summed E-state index contributed by atoms with van der Waals surface area (Å²) >= 11 is 3.62. The summed E-state index contributed by atoms with van der Waals surface area (Å²) in [7, 11) is -1.90. The van der Waals surface area contributed by atoms with Crippen LogP contribution in [-0.2, 0) is 0 Å². The topological polar surface area (TPSA) is 38.2 Å². The third kappa shape index (κ3) is 3.69. The van der Waals surface area contributed by atoms with Gasteiger partial charge in [-0.05, 0) is 46.8 Å². The van der Waals surface area contributed by atoms with Gasteiger partial charge in [-0.1, -0.05) is 85.1 Å². The van der Waals surface area contributed by atoms with Gasteiger partial charge in [0.2, 0.25) is 0 Å². The molecule has 0 spiro atoms. The zero-order valence-electron chi connectivity index (χ0n) is 20.4. The Morgan fingerprint density at radius 3 is 2.11 bits per heavy atom. The second-order valence-electron chi connectivity index (χ2n) is 9.56. The molecule has 0 amide bonds. The Kier molecular flexibility index (Phi) is 5.39. The van der Waals surface area contributed by atoms with Crippen molar-refractivity contribution in [1.29, 1.82) is 0 Å². The van der Waals surface area contributed by atoms with Crippen LogP contribution in [0.4, 0.5) is 17.1 Å². The Bertz CT molecular complexity index is 1660. The largest absolute Gasteiger partial charge is 0.455 e. The van der Waals surface area contributed by atoms with Crippen molar-refractivity contribution >= 4 is 59.0 Å². The maximum absolute atomic E-state index is 6.36. The number of nitrogens with zero attached hydrogens (tertiary/aromatic N) is 3. The molecule has 7 rings (SSSR count). The third-order valence-corrected chi connectivity index (χ3v) is 13.3. The average molecular weight is 534 g/mol. The molecule has 4 nitrogen and oxygen atoms in total. The standard InChI is InChI=1S/C30H23N3OS2Si/c1-37(2)27-15-6-5-14-26(27)36-30-22(10-8-16-28(30)37)33(20-17-31-19-32-18-20)21-9-7-12-24-29(21)35-25-13-4-3-11-23(25)34-24/h3-19H,1-2H3. The van der Waals surface area contributed by atoms with Crippen LogP contribution in [0.2, 0.25) is 13.1 Å². The molecule has 0 bridgehead atoms. The minimum Gasteiger partial charge on any atom is -0.455 e. The van der Waals surface area contributed by atoms with Gasteiger partial charge < -0.3 is 9.64 Å². The molecule has 0 N–H and O–H groups in total. The first-order chi connectivity index (χ1) is 18.1. The van der Waals surface area contributed by atoms with Crippen molar-refractivity contribution < 1.29 is 4.74 Å². The Balaban J connectivity index is 1.45. The number of hydrogen-bond donors (Lipinski definition) is 0. The van der Waals surface area contributed by atoms with E-state index in [9.17, 15) is 0 Å². The number of rotatable bonds is 3. The van der Waals surface area contributed by atoms with E-state index >= 15 is 0 Å². The summed E-state index contributed by atoms with van der Waals surface area (Å²) in [5.74, 6) is 1.75. The Morgan fingerprint density at radius 2 is 1.27 bits per heavy atom. The van der Waals surface area contributed by atoms with Gasteiger partial charge in [-0.15, -0.1) is 0 Å². The van der Waals surface area contributed by atoms with Gasteiger partial charge in [0.1, 0.15) is 25.9 Å². The molecule has 7 heteroatoms. The summed E-state index contributed by atoms with van der Waals surface area (Å²) in [6.07, 6.45) is 5.36. The van der Waals surface area contributed by atoms with E-state index in [4.69, 9.17) is 4.74 Å². The van der Waals surface area contributed by atoms with Gasteiger partial charge >= 0.3 is 0 Å². The van der Waals surface area contributed by atoms with Crippen molar-refractivity contribution in [2.45, 2.75) is 32.7 Å². The van der Waals surface area contributed by atoms with Crippen LogP contribution >= 0.6 is 23.5 Å². The lowest BCUT2D eigenvalue weighted by Crippen LogP contribution is -2.56. The van der Waals surface area contributed by atoms with Crippen LogP contribution in [0.3, 0.4) is 0 Å². The van der Waals surface area contributed by atoms with Crippen molar-refractivity contribution in [2.24, 2.45) is 0 Å². The fourth-order valence-electron chi connectivity index (χ4n) is 5.15. The predicted octanol–water partition coefficient (Wildman–Crippen LogP) is 7.49. The summed E-state index contributed by atoms with van der Waals surface area (Å²) in [6.45, 7) is 4.91. The van der Waals surface area contributed by atoms with E-state index in [1.807, 2.05) is 42.4 Å². The highest BCUT2D eigenvalue weighted by atomic mass is 32.2. The van der Waals surface area contributed by atoms with E-state index < -0.39 is 8.07 Å². The van der Waals surface area contributed by atoms with E-state index in [1.165, 1.54) is 20.2 Å². The number of fused-ring (bicyclic) bond motifs is 4. The Hall–Kier alpha value is -3.52. The maximum Gasteiger partial charge on any atom is 0.143 e. The van der Waals surface area contributed by atoms with Gasteiger partial charge in [-0.2, -0.15) is 0 Å². The predicted molar refractivity (Wildman–Crippen MR) is 155 cm³/mol. The molecule has 0 fully saturated rings. The van der Waals surface area contributed by atoms with E-state index in [0.717, 1.165) is 38.4 Å². The molecule has 0 saturated heterocycles. The second kappa shape index (κ2) is 8.80. The highest BCUT2D eigenvalue weighted by molar-refractivity contribution is 8.00. The smallest absolute Gasteiger partial charge is 0.143 e. The summed E-state index contributed by atoms with van der Waals surface area (Å²) in [5, 5.41) is 2.95. The fraction of sp³-hybridized carbons (Fsp3) is 0.0667. The van der Waals surface area contributed by atoms with Crippen LogP contribution in [0.25, 0.3) is 0 Å². The zero-order valence-corrected chi connectivity index (χ0v) is 23.0. The van der Waals surface area contributed by atoms with Crippen molar-refractivity contribution in [3.8, 4) is 11.5 Å². The van der Waals surface area contributed by atoms with E-state index in [0.29, 0.717) is 0 Å². The summed E-state index contributed by atoms with van der Waals surface area (Å²) in [5.41, 5.74) is 3.11. The first-order valence-corrected chi connectivity index (χ1v) is 16.8.